The van der Waals surface area contributed by atoms with E-state index in [0.717, 1.165) is 55.2 Å². The molecule has 142 valence electrons. The van der Waals surface area contributed by atoms with E-state index in [1.54, 1.807) is 11.0 Å². The highest BCUT2D eigenvalue weighted by atomic mass is 16.2. The van der Waals surface area contributed by atoms with Gasteiger partial charge < -0.3 is 9.88 Å². The number of carbonyl (C=O) groups is 1. The van der Waals surface area contributed by atoms with E-state index in [9.17, 15) is 4.79 Å². The Labute approximate surface area is 158 Å². The van der Waals surface area contributed by atoms with Gasteiger partial charge in [-0.2, -0.15) is 0 Å². The molecule has 0 atom stereocenters. The number of benzene rings is 1. The lowest BCUT2D eigenvalue weighted by Crippen LogP contribution is -2.47. The molecule has 0 radical (unpaired) electrons. The van der Waals surface area contributed by atoms with Crippen molar-refractivity contribution in [3.8, 4) is 0 Å². The Hall–Kier alpha value is -2.70. The lowest BCUT2D eigenvalue weighted by Gasteiger charge is -2.35. The average molecular weight is 366 g/mol. The van der Waals surface area contributed by atoms with Gasteiger partial charge in [-0.3, -0.25) is 4.79 Å². The van der Waals surface area contributed by atoms with Gasteiger partial charge in [-0.15, -0.1) is 5.10 Å². The summed E-state index contributed by atoms with van der Waals surface area (Å²) < 4.78 is 3.89. The van der Waals surface area contributed by atoms with Gasteiger partial charge in [-0.05, 0) is 47.4 Å². The molecule has 1 N–H and O–H groups in total. The number of rotatable bonds is 5. The van der Waals surface area contributed by atoms with Crippen molar-refractivity contribution in [2.45, 2.75) is 58.0 Å². The zero-order chi connectivity index (χ0) is 18.9. The first-order valence-electron chi connectivity index (χ1n) is 9.73. The molecule has 0 saturated heterocycles. The van der Waals surface area contributed by atoms with Crippen molar-refractivity contribution in [1.29, 1.82) is 0 Å². The number of nitrogens with one attached hydrogen (secondary N) is 1. The molecule has 1 aliphatic carbocycles. The van der Waals surface area contributed by atoms with Gasteiger partial charge in [-0.25, -0.2) is 4.68 Å². The molecule has 0 unspecified atom stereocenters. The minimum absolute atomic E-state index is 0.0291. The first-order valence-corrected chi connectivity index (χ1v) is 9.73. The number of carbonyl (C=O) groups excluding carboxylic acids is 1. The molecule has 2 heterocycles. The second-order valence-corrected chi connectivity index (χ2v) is 7.90. The minimum atomic E-state index is -0.704. The monoisotopic (exact) mass is 366 g/mol. The third-order valence-electron chi connectivity index (χ3n) is 5.51. The smallest absolute Gasteiger partial charge is 0.252 e. The van der Waals surface area contributed by atoms with Crippen LogP contribution in [0.4, 0.5) is 5.69 Å². The van der Waals surface area contributed by atoms with E-state index >= 15 is 0 Å². The molecule has 3 aromatic rings. The molecule has 2 aromatic heterocycles. The summed E-state index contributed by atoms with van der Waals surface area (Å²) in [7, 11) is 0. The summed E-state index contributed by atoms with van der Waals surface area (Å²) in [6, 6.07) is 8.15. The quantitative estimate of drug-likeness (QED) is 0.749. The van der Waals surface area contributed by atoms with Crippen LogP contribution < -0.4 is 5.32 Å². The van der Waals surface area contributed by atoms with Crippen LogP contribution >= 0.6 is 0 Å². The van der Waals surface area contributed by atoms with Crippen molar-refractivity contribution in [3.05, 3.63) is 36.8 Å². The summed E-state index contributed by atoms with van der Waals surface area (Å²) >= 11 is 0. The first-order chi connectivity index (χ1) is 13.1. The molecule has 0 spiro atoms. The number of tetrazole rings is 1. The number of hydrogen-bond acceptors (Lipinski definition) is 4. The fraction of sp³-hybridized carbons (Fsp3) is 0.500. The highest BCUT2D eigenvalue weighted by Gasteiger charge is 2.42. The van der Waals surface area contributed by atoms with Crippen LogP contribution in [-0.4, -0.2) is 30.7 Å². The lowest BCUT2D eigenvalue weighted by atomic mass is 9.81. The van der Waals surface area contributed by atoms with E-state index in [2.05, 4.69) is 57.6 Å². The van der Waals surface area contributed by atoms with E-state index in [-0.39, 0.29) is 5.91 Å². The Bertz CT molecular complexity index is 921. The van der Waals surface area contributed by atoms with Crippen molar-refractivity contribution in [2.24, 2.45) is 5.92 Å². The van der Waals surface area contributed by atoms with Crippen molar-refractivity contribution >= 4 is 22.5 Å². The van der Waals surface area contributed by atoms with Crippen LogP contribution in [0.25, 0.3) is 10.9 Å². The fourth-order valence-electron chi connectivity index (χ4n) is 4.18. The molecule has 7 nitrogen and oxygen atoms in total. The summed E-state index contributed by atoms with van der Waals surface area (Å²) in [4.78, 5) is 13.4. The summed E-state index contributed by atoms with van der Waals surface area (Å²) in [5.74, 6) is 0.530. The number of amides is 1. The maximum absolute atomic E-state index is 13.4. The summed E-state index contributed by atoms with van der Waals surface area (Å²) in [6.07, 6.45) is 8.32. The molecule has 1 amide bonds. The highest BCUT2D eigenvalue weighted by molar-refractivity contribution is 6.04. The van der Waals surface area contributed by atoms with Gasteiger partial charge in [0.2, 0.25) is 0 Å². The van der Waals surface area contributed by atoms with Crippen LogP contribution in [0.2, 0.25) is 0 Å². The minimum Gasteiger partial charge on any atom is -0.347 e. The molecule has 1 aliphatic rings. The molecular weight excluding hydrogens is 340 g/mol. The molecular formula is C20H26N6O. The van der Waals surface area contributed by atoms with E-state index in [4.69, 9.17) is 0 Å². The number of fused-ring (bicyclic) bond motifs is 1. The number of aromatic nitrogens is 5. The molecule has 0 bridgehead atoms. The number of anilines is 1. The summed E-state index contributed by atoms with van der Waals surface area (Å²) in [6.45, 7) is 5.36. The van der Waals surface area contributed by atoms with Crippen LogP contribution in [0.3, 0.4) is 0 Å². The van der Waals surface area contributed by atoms with Crippen molar-refractivity contribution in [3.63, 3.8) is 0 Å². The summed E-state index contributed by atoms with van der Waals surface area (Å²) in [5, 5.41) is 15.8. The second kappa shape index (κ2) is 7.13. The Morgan fingerprint density at radius 1 is 1.22 bits per heavy atom. The van der Waals surface area contributed by atoms with Crippen molar-refractivity contribution in [1.82, 2.24) is 24.8 Å². The molecule has 7 heteroatoms. The maximum Gasteiger partial charge on any atom is 0.252 e. The SMILES string of the molecule is CC(C)Cn1ccc2c(NC(=O)C3(n4cnnn4)CCCCC3)cccc21. The zero-order valence-electron chi connectivity index (χ0n) is 15.9. The van der Waals surface area contributed by atoms with E-state index in [1.807, 2.05) is 12.1 Å². The first kappa shape index (κ1) is 17.7. The standard InChI is InChI=1S/C20H26N6O/c1-15(2)13-25-12-9-16-17(7-6-8-18(16)25)22-19(27)20(10-4-3-5-11-20)26-14-21-23-24-26/h6-9,12,14-15H,3-5,10-11,13H2,1-2H3,(H,22,27). The van der Waals surface area contributed by atoms with Gasteiger partial charge in [0.1, 0.15) is 11.9 Å². The summed E-state index contributed by atoms with van der Waals surface area (Å²) in [5.41, 5.74) is 1.28. The topological polar surface area (TPSA) is 77.6 Å². The van der Waals surface area contributed by atoms with Gasteiger partial charge >= 0.3 is 0 Å². The van der Waals surface area contributed by atoms with Crippen LogP contribution in [0, 0.1) is 5.92 Å². The fourth-order valence-corrected chi connectivity index (χ4v) is 4.18. The highest BCUT2D eigenvalue weighted by Crippen LogP contribution is 2.36. The lowest BCUT2D eigenvalue weighted by molar-refractivity contribution is -0.126. The van der Waals surface area contributed by atoms with Crippen molar-refractivity contribution in [2.75, 3.05) is 5.32 Å². The van der Waals surface area contributed by atoms with Crippen LogP contribution in [0.1, 0.15) is 46.0 Å². The van der Waals surface area contributed by atoms with Gasteiger partial charge in [-0.1, -0.05) is 39.2 Å². The van der Waals surface area contributed by atoms with Crippen LogP contribution in [-0.2, 0) is 16.9 Å². The van der Waals surface area contributed by atoms with E-state index in [0.29, 0.717) is 5.92 Å². The van der Waals surface area contributed by atoms with Crippen LogP contribution in [0.5, 0.6) is 0 Å². The van der Waals surface area contributed by atoms with Crippen molar-refractivity contribution < 1.29 is 4.79 Å². The molecule has 1 fully saturated rings. The van der Waals surface area contributed by atoms with Gasteiger partial charge in [0, 0.05) is 18.1 Å². The van der Waals surface area contributed by atoms with Gasteiger partial charge in [0.05, 0.1) is 11.2 Å². The normalized spacial score (nSPS) is 16.7. The molecule has 1 saturated carbocycles. The third kappa shape index (κ3) is 3.22. The van der Waals surface area contributed by atoms with Gasteiger partial charge in [0.25, 0.3) is 5.91 Å². The Kier molecular flexibility index (Phi) is 4.68. The number of nitrogens with zero attached hydrogens (tertiary/aromatic N) is 5. The maximum atomic E-state index is 13.4. The van der Waals surface area contributed by atoms with Gasteiger partial charge in [0.15, 0.2) is 0 Å². The molecule has 27 heavy (non-hydrogen) atoms. The molecule has 4 rings (SSSR count). The Morgan fingerprint density at radius 2 is 2.04 bits per heavy atom. The predicted molar refractivity (Wildman–Crippen MR) is 104 cm³/mol. The zero-order valence-corrected chi connectivity index (χ0v) is 15.9. The molecule has 0 aliphatic heterocycles. The third-order valence-corrected chi connectivity index (χ3v) is 5.51. The van der Waals surface area contributed by atoms with Crippen LogP contribution in [0.15, 0.2) is 36.8 Å². The number of hydrogen-bond donors (Lipinski definition) is 1. The second-order valence-electron chi connectivity index (χ2n) is 7.90. The Morgan fingerprint density at radius 3 is 2.74 bits per heavy atom. The van der Waals surface area contributed by atoms with E-state index < -0.39 is 5.54 Å². The van der Waals surface area contributed by atoms with E-state index in [1.165, 1.54) is 0 Å². The molecule has 1 aromatic carbocycles. The largest absolute Gasteiger partial charge is 0.347 e. The predicted octanol–water partition coefficient (Wildman–Crippen LogP) is 3.58. The Balaban J connectivity index is 1.67. The average Bonchev–Trinajstić information content (AvgIpc) is 3.33.